The van der Waals surface area contributed by atoms with Gasteiger partial charge in [-0.25, -0.2) is 0 Å². The van der Waals surface area contributed by atoms with E-state index in [0.717, 1.165) is 34.5 Å². The second-order valence-corrected chi connectivity index (χ2v) is 6.18. The SMILES string of the molecule is CCCNC(C)c1ccccc1Oc1ccc(Cl)cc1Br. The summed E-state index contributed by atoms with van der Waals surface area (Å²) >= 11 is 9.45. The van der Waals surface area contributed by atoms with E-state index >= 15 is 0 Å². The van der Waals surface area contributed by atoms with Crippen LogP contribution < -0.4 is 10.1 Å². The average Bonchev–Trinajstić information content (AvgIpc) is 2.48. The van der Waals surface area contributed by atoms with Gasteiger partial charge in [0.25, 0.3) is 0 Å². The number of ether oxygens (including phenoxy) is 1. The number of rotatable bonds is 6. The van der Waals surface area contributed by atoms with Gasteiger partial charge in [0, 0.05) is 16.6 Å². The Labute approximate surface area is 139 Å². The molecular weight excluding hydrogens is 350 g/mol. The van der Waals surface area contributed by atoms with E-state index in [9.17, 15) is 0 Å². The van der Waals surface area contributed by atoms with Crippen LogP contribution in [0.5, 0.6) is 11.5 Å². The molecule has 112 valence electrons. The quantitative estimate of drug-likeness (QED) is 0.679. The summed E-state index contributed by atoms with van der Waals surface area (Å²) in [6, 6.07) is 13.9. The molecule has 0 fully saturated rings. The highest BCUT2D eigenvalue weighted by Crippen LogP contribution is 2.34. The van der Waals surface area contributed by atoms with E-state index in [2.05, 4.69) is 41.2 Å². The normalized spacial score (nSPS) is 12.2. The first-order valence-electron chi connectivity index (χ1n) is 7.07. The third kappa shape index (κ3) is 4.47. The number of benzene rings is 2. The molecule has 0 spiro atoms. The van der Waals surface area contributed by atoms with Crippen molar-refractivity contribution >= 4 is 27.5 Å². The summed E-state index contributed by atoms with van der Waals surface area (Å²) < 4.78 is 6.90. The summed E-state index contributed by atoms with van der Waals surface area (Å²) in [6.45, 7) is 5.29. The van der Waals surface area contributed by atoms with E-state index < -0.39 is 0 Å². The first-order chi connectivity index (χ1) is 10.1. The summed E-state index contributed by atoms with van der Waals surface area (Å²) in [5.41, 5.74) is 1.15. The minimum Gasteiger partial charge on any atom is -0.456 e. The maximum absolute atomic E-state index is 6.05. The van der Waals surface area contributed by atoms with Crippen LogP contribution in [0.25, 0.3) is 0 Å². The number of para-hydroxylation sites is 1. The Morgan fingerprint density at radius 3 is 2.67 bits per heavy atom. The maximum atomic E-state index is 6.05. The minimum atomic E-state index is 0.243. The molecule has 4 heteroatoms. The Bertz CT molecular complexity index is 603. The van der Waals surface area contributed by atoms with Crippen LogP contribution in [0, 0.1) is 0 Å². The molecule has 0 radical (unpaired) electrons. The van der Waals surface area contributed by atoms with E-state index in [1.807, 2.05) is 36.4 Å². The van der Waals surface area contributed by atoms with Gasteiger partial charge < -0.3 is 10.1 Å². The predicted octanol–water partition coefficient (Wildman–Crippen LogP) is 5.96. The summed E-state index contributed by atoms with van der Waals surface area (Å²) in [7, 11) is 0. The van der Waals surface area contributed by atoms with Gasteiger partial charge in [-0.1, -0.05) is 36.7 Å². The van der Waals surface area contributed by atoms with Crippen molar-refractivity contribution < 1.29 is 4.74 Å². The van der Waals surface area contributed by atoms with Crippen molar-refractivity contribution in [2.45, 2.75) is 26.3 Å². The van der Waals surface area contributed by atoms with Crippen LogP contribution >= 0.6 is 27.5 Å². The third-order valence-corrected chi connectivity index (χ3v) is 4.05. The fraction of sp³-hybridized carbons (Fsp3) is 0.294. The molecule has 1 atom stereocenters. The van der Waals surface area contributed by atoms with Crippen LogP contribution in [0.3, 0.4) is 0 Å². The highest BCUT2D eigenvalue weighted by atomic mass is 79.9. The van der Waals surface area contributed by atoms with Gasteiger partial charge in [0.2, 0.25) is 0 Å². The van der Waals surface area contributed by atoms with Gasteiger partial charge in [0.05, 0.1) is 4.47 Å². The predicted molar refractivity (Wildman–Crippen MR) is 92.4 cm³/mol. The van der Waals surface area contributed by atoms with E-state index in [0.29, 0.717) is 5.02 Å². The standard InChI is InChI=1S/C17H19BrClNO/c1-3-10-20-12(2)14-6-4-5-7-16(14)21-17-9-8-13(19)11-15(17)18/h4-9,11-12,20H,3,10H2,1-2H3. The number of hydrogen-bond donors (Lipinski definition) is 1. The molecule has 2 aromatic carbocycles. The molecule has 0 aromatic heterocycles. The molecule has 0 saturated carbocycles. The summed E-state index contributed by atoms with van der Waals surface area (Å²) in [6.07, 6.45) is 1.11. The first kappa shape index (κ1) is 16.3. The zero-order valence-electron chi connectivity index (χ0n) is 12.2. The lowest BCUT2D eigenvalue weighted by Crippen LogP contribution is -2.19. The van der Waals surface area contributed by atoms with Crippen LogP contribution in [0.1, 0.15) is 31.9 Å². The molecular formula is C17H19BrClNO. The minimum absolute atomic E-state index is 0.243. The smallest absolute Gasteiger partial charge is 0.141 e. The molecule has 0 amide bonds. The first-order valence-corrected chi connectivity index (χ1v) is 8.24. The van der Waals surface area contributed by atoms with Gasteiger partial charge in [-0.2, -0.15) is 0 Å². The highest BCUT2D eigenvalue weighted by Gasteiger charge is 2.12. The molecule has 0 bridgehead atoms. The fourth-order valence-corrected chi connectivity index (χ4v) is 2.84. The summed E-state index contributed by atoms with van der Waals surface area (Å²) in [4.78, 5) is 0. The molecule has 2 nitrogen and oxygen atoms in total. The monoisotopic (exact) mass is 367 g/mol. The molecule has 1 N–H and O–H groups in total. The molecule has 2 rings (SSSR count). The zero-order chi connectivity index (χ0) is 15.2. The van der Waals surface area contributed by atoms with Crippen LogP contribution in [-0.2, 0) is 0 Å². The Morgan fingerprint density at radius 1 is 1.19 bits per heavy atom. The van der Waals surface area contributed by atoms with Crippen LogP contribution in [0.4, 0.5) is 0 Å². The lowest BCUT2D eigenvalue weighted by molar-refractivity contribution is 0.458. The van der Waals surface area contributed by atoms with Crippen molar-refractivity contribution in [2.24, 2.45) is 0 Å². The van der Waals surface area contributed by atoms with E-state index in [-0.39, 0.29) is 6.04 Å². The Hall–Kier alpha value is -1.03. The van der Waals surface area contributed by atoms with Gasteiger partial charge in [-0.3, -0.25) is 0 Å². The molecule has 1 unspecified atom stereocenters. The Kier molecular flexibility index (Phi) is 6.09. The van der Waals surface area contributed by atoms with Crippen molar-refractivity contribution in [1.29, 1.82) is 0 Å². The second kappa shape index (κ2) is 7.83. The summed E-state index contributed by atoms with van der Waals surface area (Å²) in [5.74, 6) is 1.62. The Morgan fingerprint density at radius 2 is 1.95 bits per heavy atom. The molecule has 2 aromatic rings. The van der Waals surface area contributed by atoms with Gasteiger partial charge >= 0.3 is 0 Å². The van der Waals surface area contributed by atoms with Gasteiger partial charge in [-0.05, 0) is 60.1 Å². The lowest BCUT2D eigenvalue weighted by Gasteiger charge is -2.18. The molecule has 0 aliphatic carbocycles. The van der Waals surface area contributed by atoms with Gasteiger partial charge in [0.1, 0.15) is 11.5 Å². The van der Waals surface area contributed by atoms with Crippen molar-refractivity contribution in [3.05, 3.63) is 57.5 Å². The van der Waals surface area contributed by atoms with Crippen molar-refractivity contribution in [3.8, 4) is 11.5 Å². The number of nitrogens with one attached hydrogen (secondary N) is 1. The van der Waals surface area contributed by atoms with Crippen LogP contribution in [0.2, 0.25) is 5.02 Å². The van der Waals surface area contributed by atoms with Crippen molar-refractivity contribution in [1.82, 2.24) is 5.32 Å². The van der Waals surface area contributed by atoms with E-state index in [4.69, 9.17) is 16.3 Å². The molecule has 0 heterocycles. The third-order valence-electron chi connectivity index (χ3n) is 3.20. The van der Waals surface area contributed by atoms with E-state index in [1.165, 1.54) is 0 Å². The van der Waals surface area contributed by atoms with Crippen molar-refractivity contribution in [3.63, 3.8) is 0 Å². The van der Waals surface area contributed by atoms with Gasteiger partial charge in [-0.15, -0.1) is 0 Å². The number of hydrogen-bond acceptors (Lipinski definition) is 2. The van der Waals surface area contributed by atoms with Crippen LogP contribution in [0.15, 0.2) is 46.9 Å². The number of halogens is 2. The maximum Gasteiger partial charge on any atom is 0.141 e. The average molecular weight is 369 g/mol. The molecule has 0 aliphatic heterocycles. The Balaban J connectivity index is 2.23. The van der Waals surface area contributed by atoms with Crippen molar-refractivity contribution in [2.75, 3.05) is 6.54 Å². The fourth-order valence-electron chi connectivity index (χ4n) is 2.08. The lowest BCUT2D eigenvalue weighted by atomic mass is 10.1. The summed E-state index contributed by atoms with van der Waals surface area (Å²) in [5, 5.41) is 4.17. The van der Waals surface area contributed by atoms with E-state index in [1.54, 1.807) is 0 Å². The second-order valence-electron chi connectivity index (χ2n) is 4.89. The topological polar surface area (TPSA) is 21.3 Å². The van der Waals surface area contributed by atoms with Gasteiger partial charge in [0.15, 0.2) is 0 Å². The highest BCUT2D eigenvalue weighted by molar-refractivity contribution is 9.10. The molecule has 21 heavy (non-hydrogen) atoms. The molecule has 0 aliphatic rings. The molecule has 0 saturated heterocycles. The van der Waals surface area contributed by atoms with Crippen LogP contribution in [-0.4, -0.2) is 6.54 Å². The largest absolute Gasteiger partial charge is 0.456 e. The zero-order valence-corrected chi connectivity index (χ0v) is 14.5.